The molecular weight excluding hydrogens is 192 g/mol. The number of amides is 2. The van der Waals surface area contributed by atoms with Crippen molar-refractivity contribution in [3.8, 4) is 0 Å². The number of carbonyl (C=O) groups is 1. The first-order valence-corrected chi connectivity index (χ1v) is 4.98. The number of urea groups is 1. The second-order valence-electron chi connectivity index (χ2n) is 3.55. The van der Waals surface area contributed by atoms with Crippen molar-refractivity contribution in [1.29, 1.82) is 0 Å². The van der Waals surface area contributed by atoms with Crippen molar-refractivity contribution in [2.75, 3.05) is 19.7 Å². The average Bonchev–Trinajstić information content (AvgIpc) is 2.30. The smallest absolute Gasteiger partial charge is 0.314 e. The van der Waals surface area contributed by atoms with Gasteiger partial charge in [0.15, 0.2) is 0 Å². The summed E-state index contributed by atoms with van der Waals surface area (Å²) in [6, 6.07) is 9.49. The number of morpholine rings is 1. The summed E-state index contributed by atoms with van der Waals surface area (Å²) in [7, 11) is 0. The summed E-state index contributed by atoms with van der Waals surface area (Å²) in [5.41, 5.74) is 6.33. The Morgan fingerprint density at radius 3 is 2.80 bits per heavy atom. The molecule has 0 spiro atoms. The Bertz CT molecular complexity index is 340. The van der Waals surface area contributed by atoms with Gasteiger partial charge in [0, 0.05) is 6.54 Å². The first-order valence-electron chi connectivity index (χ1n) is 4.98. The Balaban J connectivity index is 2.08. The molecule has 0 aliphatic carbocycles. The fourth-order valence-electron chi connectivity index (χ4n) is 1.72. The number of primary amides is 1. The number of nitrogens with zero attached hydrogens (tertiary/aromatic N) is 1. The Morgan fingerprint density at radius 1 is 1.40 bits per heavy atom. The van der Waals surface area contributed by atoms with Gasteiger partial charge >= 0.3 is 6.03 Å². The van der Waals surface area contributed by atoms with E-state index in [0.29, 0.717) is 19.7 Å². The number of ether oxygens (including phenoxy) is 1. The highest BCUT2D eigenvalue weighted by atomic mass is 16.5. The molecule has 0 radical (unpaired) electrons. The third-order valence-electron chi connectivity index (χ3n) is 2.55. The highest BCUT2D eigenvalue weighted by molar-refractivity contribution is 5.72. The summed E-state index contributed by atoms with van der Waals surface area (Å²) in [6.07, 6.45) is -0.0487. The van der Waals surface area contributed by atoms with Gasteiger partial charge in [-0.05, 0) is 5.56 Å². The van der Waals surface area contributed by atoms with E-state index in [9.17, 15) is 4.79 Å². The van der Waals surface area contributed by atoms with Crippen LogP contribution >= 0.6 is 0 Å². The van der Waals surface area contributed by atoms with E-state index >= 15 is 0 Å². The lowest BCUT2D eigenvalue weighted by atomic mass is 10.1. The van der Waals surface area contributed by atoms with Crippen LogP contribution < -0.4 is 5.73 Å². The molecule has 2 N–H and O–H groups in total. The van der Waals surface area contributed by atoms with E-state index in [1.165, 1.54) is 0 Å². The molecule has 1 saturated heterocycles. The van der Waals surface area contributed by atoms with Crippen molar-refractivity contribution in [2.45, 2.75) is 6.10 Å². The number of rotatable bonds is 1. The van der Waals surface area contributed by atoms with Crippen LogP contribution in [-0.2, 0) is 4.74 Å². The first kappa shape index (κ1) is 9.98. The minimum atomic E-state index is -0.376. The van der Waals surface area contributed by atoms with Gasteiger partial charge in [-0.1, -0.05) is 30.3 Å². The van der Waals surface area contributed by atoms with Crippen LogP contribution in [0.5, 0.6) is 0 Å². The highest BCUT2D eigenvalue weighted by Crippen LogP contribution is 2.21. The molecule has 1 aromatic rings. The molecule has 1 aliphatic rings. The van der Waals surface area contributed by atoms with Crippen LogP contribution in [0, 0.1) is 0 Å². The quantitative estimate of drug-likeness (QED) is 0.749. The molecule has 2 amide bonds. The molecule has 0 saturated carbocycles. The van der Waals surface area contributed by atoms with Crippen molar-refractivity contribution in [2.24, 2.45) is 5.73 Å². The van der Waals surface area contributed by atoms with Gasteiger partial charge < -0.3 is 15.4 Å². The highest BCUT2D eigenvalue weighted by Gasteiger charge is 2.23. The SMILES string of the molecule is NC(=O)N1CCOC(c2ccccc2)C1. The minimum Gasteiger partial charge on any atom is -0.370 e. The number of nitrogens with two attached hydrogens (primary N) is 1. The maximum Gasteiger partial charge on any atom is 0.314 e. The zero-order valence-electron chi connectivity index (χ0n) is 8.43. The van der Waals surface area contributed by atoms with Crippen molar-refractivity contribution in [1.82, 2.24) is 4.90 Å². The molecule has 4 heteroatoms. The first-order chi connectivity index (χ1) is 7.27. The summed E-state index contributed by atoms with van der Waals surface area (Å²) < 4.78 is 5.59. The number of benzene rings is 1. The van der Waals surface area contributed by atoms with Gasteiger partial charge in [0.2, 0.25) is 0 Å². The summed E-state index contributed by atoms with van der Waals surface area (Å²) in [5, 5.41) is 0. The molecule has 1 fully saturated rings. The number of carbonyl (C=O) groups excluding carboxylic acids is 1. The van der Waals surface area contributed by atoms with Gasteiger partial charge in [0.05, 0.1) is 13.2 Å². The van der Waals surface area contributed by atoms with Crippen LogP contribution in [0.25, 0.3) is 0 Å². The van der Waals surface area contributed by atoms with Gasteiger partial charge in [-0.25, -0.2) is 4.79 Å². The summed E-state index contributed by atoms with van der Waals surface area (Å²) >= 11 is 0. The normalized spacial score (nSPS) is 21.3. The average molecular weight is 206 g/mol. The van der Waals surface area contributed by atoms with Gasteiger partial charge in [0.1, 0.15) is 6.10 Å². The van der Waals surface area contributed by atoms with Gasteiger partial charge in [-0.2, -0.15) is 0 Å². The third-order valence-corrected chi connectivity index (χ3v) is 2.55. The monoisotopic (exact) mass is 206 g/mol. The second-order valence-corrected chi connectivity index (χ2v) is 3.55. The molecule has 4 nitrogen and oxygen atoms in total. The lowest BCUT2D eigenvalue weighted by molar-refractivity contribution is -0.0141. The van der Waals surface area contributed by atoms with Crippen LogP contribution in [0.1, 0.15) is 11.7 Å². The van der Waals surface area contributed by atoms with Crippen molar-refractivity contribution in [3.63, 3.8) is 0 Å². The van der Waals surface area contributed by atoms with Gasteiger partial charge in [-0.3, -0.25) is 0 Å². The molecule has 1 atom stereocenters. The van der Waals surface area contributed by atoms with E-state index in [0.717, 1.165) is 5.56 Å². The van der Waals surface area contributed by atoms with E-state index in [2.05, 4.69) is 0 Å². The van der Waals surface area contributed by atoms with Gasteiger partial charge in [-0.15, -0.1) is 0 Å². The molecule has 2 rings (SSSR count). The Hall–Kier alpha value is -1.55. The van der Waals surface area contributed by atoms with Crippen molar-refractivity contribution < 1.29 is 9.53 Å². The Labute approximate surface area is 88.6 Å². The van der Waals surface area contributed by atoms with Crippen molar-refractivity contribution >= 4 is 6.03 Å². The fourth-order valence-corrected chi connectivity index (χ4v) is 1.72. The molecule has 80 valence electrons. The molecule has 1 aliphatic heterocycles. The number of hydrogen-bond acceptors (Lipinski definition) is 2. The lowest BCUT2D eigenvalue weighted by Gasteiger charge is -2.31. The largest absolute Gasteiger partial charge is 0.370 e. The predicted octanol–water partition coefficient (Wildman–Crippen LogP) is 1.14. The standard InChI is InChI=1S/C11H14N2O2/c12-11(14)13-6-7-15-10(8-13)9-4-2-1-3-5-9/h1-5,10H,6-8H2,(H2,12,14). The van der Waals surface area contributed by atoms with E-state index in [-0.39, 0.29) is 12.1 Å². The summed E-state index contributed by atoms with van der Waals surface area (Å²) in [6.45, 7) is 1.67. The molecule has 0 bridgehead atoms. The maximum atomic E-state index is 11.0. The second kappa shape index (κ2) is 4.31. The molecular formula is C11H14N2O2. The molecule has 1 aromatic carbocycles. The van der Waals surface area contributed by atoms with Crippen LogP contribution in [0.15, 0.2) is 30.3 Å². The predicted molar refractivity (Wildman–Crippen MR) is 56.3 cm³/mol. The Morgan fingerprint density at radius 2 is 2.13 bits per heavy atom. The summed E-state index contributed by atoms with van der Waals surface area (Å²) in [5.74, 6) is 0. The lowest BCUT2D eigenvalue weighted by Crippen LogP contribution is -2.44. The molecule has 1 unspecified atom stereocenters. The van der Waals surface area contributed by atoms with E-state index < -0.39 is 0 Å². The van der Waals surface area contributed by atoms with Crippen LogP contribution in [0.4, 0.5) is 4.79 Å². The fraction of sp³-hybridized carbons (Fsp3) is 0.364. The van der Waals surface area contributed by atoms with Crippen LogP contribution in [0.3, 0.4) is 0 Å². The summed E-state index contributed by atoms with van der Waals surface area (Å²) in [4.78, 5) is 12.6. The van der Waals surface area contributed by atoms with Crippen molar-refractivity contribution in [3.05, 3.63) is 35.9 Å². The van der Waals surface area contributed by atoms with Gasteiger partial charge in [0.25, 0.3) is 0 Å². The Kier molecular flexibility index (Phi) is 2.87. The zero-order chi connectivity index (χ0) is 10.7. The maximum absolute atomic E-state index is 11.0. The molecule has 15 heavy (non-hydrogen) atoms. The van der Waals surface area contributed by atoms with Crippen LogP contribution in [0.2, 0.25) is 0 Å². The van der Waals surface area contributed by atoms with E-state index in [1.807, 2.05) is 30.3 Å². The molecule has 0 aromatic heterocycles. The third kappa shape index (κ3) is 2.27. The van der Waals surface area contributed by atoms with E-state index in [4.69, 9.17) is 10.5 Å². The molecule has 1 heterocycles. The minimum absolute atomic E-state index is 0.0487. The van der Waals surface area contributed by atoms with E-state index in [1.54, 1.807) is 4.90 Å². The number of hydrogen-bond donors (Lipinski definition) is 1. The zero-order valence-corrected chi connectivity index (χ0v) is 8.43. The topological polar surface area (TPSA) is 55.6 Å². The van der Waals surface area contributed by atoms with Crippen LogP contribution in [-0.4, -0.2) is 30.6 Å².